The highest BCUT2D eigenvalue weighted by molar-refractivity contribution is 5.92. The lowest BCUT2D eigenvalue weighted by atomic mass is 10.2. The molecule has 0 fully saturated rings. The molecule has 0 radical (unpaired) electrons. The molecular formula is C21H16N4O2. The van der Waals surface area contributed by atoms with Gasteiger partial charge < -0.3 is 14.8 Å². The number of para-hydroxylation sites is 1. The number of fused-ring (bicyclic) bond motifs is 2. The normalized spacial score (nSPS) is 12.7. The molecule has 0 amide bonds. The van der Waals surface area contributed by atoms with Crippen molar-refractivity contribution in [3.63, 3.8) is 0 Å². The van der Waals surface area contributed by atoms with E-state index in [0.29, 0.717) is 19.0 Å². The smallest absolute Gasteiger partial charge is 0.163 e. The molecule has 1 aliphatic rings. The summed E-state index contributed by atoms with van der Waals surface area (Å²) in [5, 5.41) is 4.35. The lowest BCUT2D eigenvalue weighted by molar-refractivity contribution is 0.171. The van der Waals surface area contributed by atoms with Crippen LogP contribution in [0.15, 0.2) is 67.0 Å². The van der Waals surface area contributed by atoms with E-state index in [4.69, 9.17) is 19.4 Å². The van der Waals surface area contributed by atoms with Gasteiger partial charge in [0.1, 0.15) is 19.0 Å². The number of nitrogens with zero attached hydrogens (tertiary/aromatic N) is 3. The minimum absolute atomic E-state index is 0.555. The summed E-state index contributed by atoms with van der Waals surface area (Å²) in [4.78, 5) is 13.5. The van der Waals surface area contributed by atoms with Crippen molar-refractivity contribution in [2.75, 3.05) is 18.5 Å². The van der Waals surface area contributed by atoms with Crippen LogP contribution in [0.4, 0.5) is 11.5 Å². The standard InChI is InChI=1S/C21H16N4O2/c1-2-4-17-16(3-1)21(25-20(24-17)14-7-9-22-10-8-14)23-15-5-6-18-19(13-15)27-12-11-26-18/h1-10,13H,11-12H2,(H,23,24,25). The Bertz CT molecular complexity index is 1120. The van der Waals surface area contributed by atoms with Crippen molar-refractivity contribution in [2.45, 2.75) is 0 Å². The quantitative estimate of drug-likeness (QED) is 0.593. The van der Waals surface area contributed by atoms with E-state index >= 15 is 0 Å². The minimum Gasteiger partial charge on any atom is -0.486 e. The second-order valence-electron chi connectivity index (χ2n) is 6.13. The second-order valence-corrected chi connectivity index (χ2v) is 6.13. The third-order valence-electron chi connectivity index (χ3n) is 4.35. The average Bonchev–Trinajstić information content (AvgIpc) is 2.74. The third kappa shape index (κ3) is 3.01. The number of hydrogen-bond donors (Lipinski definition) is 1. The maximum Gasteiger partial charge on any atom is 0.163 e. The first kappa shape index (κ1) is 15.6. The monoisotopic (exact) mass is 356 g/mol. The first-order valence-corrected chi connectivity index (χ1v) is 8.71. The van der Waals surface area contributed by atoms with Crippen molar-refractivity contribution >= 4 is 22.4 Å². The predicted octanol–water partition coefficient (Wildman–Crippen LogP) is 4.21. The van der Waals surface area contributed by atoms with E-state index in [2.05, 4.69) is 10.3 Å². The van der Waals surface area contributed by atoms with Gasteiger partial charge in [0.2, 0.25) is 0 Å². The number of aromatic nitrogens is 3. The van der Waals surface area contributed by atoms with E-state index in [1.165, 1.54) is 0 Å². The molecule has 2 aromatic carbocycles. The number of pyridine rings is 1. The number of rotatable bonds is 3. The molecule has 4 aromatic rings. The Morgan fingerprint density at radius 3 is 2.52 bits per heavy atom. The van der Waals surface area contributed by atoms with Gasteiger partial charge in [-0.1, -0.05) is 12.1 Å². The summed E-state index contributed by atoms with van der Waals surface area (Å²) >= 11 is 0. The van der Waals surface area contributed by atoms with Crippen molar-refractivity contribution in [3.05, 3.63) is 67.0 Å². The van der Waals surface area contributed by atoms with Crippen LogP contribution in [0.3, 0.4) is 0 Å². The van der Waals surface area contributed by atoms with Gasteiger partial charge in [0.15, 0.2) is 17.3 Å². The van der Waals surface area contributed by atoms with Gasteiger partial charge in [0.05, 0.1) is 5.52 Å². The summed E-state index contributed by atoms with van der Waals surface area (Å²) in [5.41, 5.74) is 2.67. The molecule has 0 spiro atoms. The molecule has 6 heteroatoms. The van der Waals surface area contributed by atoms with Crippen molar-refractivity contribution in [2.24, 2.45) is 0 Å². The van der Waals surface area contributed by atoms with Gasteiger partial charge in [0, 0.05) is 35.1 Å². The predicted molar refractivity (Wildman–Crippen MR) is 103 cm³/mol. The largest absolute Gasteiger partial charge is 0.486 e. The Labute approximate surface area is 155 Å². The fourth-order valence-corrected chi connectivity index (χ4v) is 3.06. The molecule has 0 saturated carbocycles. The Morgan fingerprint density at radius 2 is 1.63 bits per heavy atom. The molecule has 0 aliphatic carbocycles. The van der Waals surface area contributed by atoms with E-state index in [0.717, 1.165) is 39.5 Å². The van der Waals surface area contributed by atoms with Crippen LogP contribution in [0.1, 0.15) is 0 Å². The first-order valence-electron chi connectivity index (χ1n) is 8.71. The van der Waals surface area contributed by atoms with Crippen molar-refractivity contribution in [1.82, 2.24) is 15.0 Å². The van der Waals surface area contributed by atoms with E-state index in [-0.39, 0.29) is 0 Å². The molecule has 5 rings (SSSR count). The molecule has 1 N–H and O–H groups in total. The summed E-state index contributed by atoms with van der Waals surface area (Å²) < 4.78 is 11.3. The van der Waals surface area contributed by atoms with Gasteiger partial charge in [-0.15, -0.1) is 0 Å². The zero-order chi connectivity index (χ0) is 18.1. The Balaban J connectivity index is 1.59. The highest BCUT2D eigenvalue weighted by Gasteiger charge is 2.14. The lowest BCUT2D eigenvalue weighted by Gasteiger charge is -2.19. The summed E-state index contributed by atoms with van der Waals surface area (Å²) in [6, 6.07) is 17.5. The minimum atomic E-state index is 0.555. The van der Waals surface area contributed by atoms with E-state index < -0.39 is 0 Å². The maximum atomic E-state index is 5.68. The van der Waals surface area contributed by atoms with Crippen LogP contribution in [0.2, 0.25) is 0 Å². The maximum absolute atomic E-state index is 5.68. The molecule has 27 heavy (non-hydrogen) atoms. The van der Waals surface area contributed by atoms with Gasteiger partial charge in [-0.2, -0.15) is 0 Å². The molecule has 0 atom stereocenters. The Kier molecular flexibility index (Phi) is 3.79. The van der Waals surface area contributed by atoms with Gasteiger partial charge in [-0.05, 0) is 36.4 Å². The SMILES string of the molecule is c1ccc2c(Nc3ccc4c(c3)OCCO4)nc(-c3ccncc3)nc2c1. The van der Waals surface area contributed by atoms with Gasteiger partial charge in [-0.25, -0.2) is 9.97 Å². The van der Waals surface area contributed by atoms with Crippen LogP contribution in [0, 0.1) is 0 Å². The number of hydrogen-bond acceptors (Lipinski definition) is 6. The number of nitrogens with one attached hydrogen (secondary N) is 1. The van der Waals surface area contributed by atoms with Gasteiger partial charge >= 0.3 is 0 Å². The van der Waals surface area contributed by atoms with Crippen LogP contribution >= 0.6 is 0 Å². The fourth-order valence-electron chi connectivity index (χ4n) is 3.06. The molecule has 1 aliphatic heterocycles. The number of anilines is 2. The topological polar surface area (TPSA) is 69.2 Å². The molecule has 6 nitrogen and oxygen atoms in total. The highest BCUT2D eigenvalue weighted by Crippen LogP contribution is 2.34. The number of benzene rings is 2. The average molecular weight is 356 g/mol. The van der Waals surface area contributed by atoms with Crippen molar-refractivity contribution in [3.8, 4) is 22.9 Å². The zero-order valence-electron chi connectivity index (χ0n) is 14.4. The van der Waals surface area contributed by atoms with Gasteiger partial charge in [0.25, 0.3) is 0 Å². The van der Waals surface area contributed by atoms with Crippen molar-refractivity contribution < 1.29 is 9.47 Å². The summed E-state index contributed by atoms with van der Waals surface area (Å²) in [6.07, 6.45) is 3.48. The summed E-state index contributed by atoms with van der Waals surface area (Å²) in [6.45, 7) is 1.13. The van der Waals surface area contributed by atoms with Crippen LogP contribution in [-0.2, 0) is 0 Å². The first-order chi connectivity index (χ1) is 13.4. The Hall–Kier alpha value is -3.67. The molecule has 0 bridgehead atoms. The van der Waals surface area contributed by atoms with E-state index in [9.17, 15) is 0 Å². The van der Waals surface area contributed by atoms with Crippen LogP contribution in [-0.4, -0.2) is 28.2 Å². The lowest BCUT2D eigenvalue weighted by Crippen LogP contribution is -2.15. The fraction of sp³-hybridized carbons (Fsp3) is 0.0952. The van der Waals surface area contributed by atoms with E-state index in [1.807, 2.05) is 54.6 Å². The summed E-state index contributed by atoms with van der Waals surface area (Å²) in [7, 11) is 0. The molecule has 0 unspecified atom stereocenters. The van der Waals surface area contributed by atoms with Crippen LogP contribution in [0.25, 0.3) is 22.3 Å². The van der Waals surface area contributed by atoms with Crippen molar-refractivity contribution in [1.29, 1.82) is 0 Å². The zero-order valence-corrected chi connectivity index (χ0v) is 14.4. The third-order valence-corrected chi connectivity index (χ3v) is 4.35. The second kappa shape index (κ2) is 6.57. The van der Waals surface area contributed by atoms with Crippen LogP contribution < -0.4 is 14.8 Å². The van der Waals surface area contributed by atoms with Gasteiger partial charge in [-0.3, -0.25) is 4.98 Å². The molecular weight excluding hydrogens is 340 g/mol. The van der Waals surface area contributed by atoms with E-state index in [1.54, 1.807) is 12.4 Å². The Morgan fingerprint density at radius 1 is 0.815 bits per heavy atom. The molecule has 0 saturated heterocycles. The molecule has 132 valence electrons. The van der Waals surface area contributed by atoms with Crippen LogP contribution in [0.5, 0.6) is 11.5 Å². The highest BCUT2D eigenvalue weighted by atomic mass is 16.6. The molecule has 2 aromatic heterocycles. The number of ether oxygens (including phenoxy) is 2. The summed E-state index contributed by atoms with van der Waals surface area (Å²) in [5.74, 6) is 2.89. The molecule has 3 heterocycles.